The lowest BCUT2D eigenvalue weighted by molar-refractivity contribution is 0.220. The van der Waals surface area contributed by atoms with E-state index in [0.717, 1.165) is 98.1 Å². The third-order valence-electron chi connectivity index (χ3n) is 24.1. The molecule has 8 heterocycles. The highest BCUT2D eigenvalue weighted by Gasteiger charge is 2.35. The fraction of sp³-hybridized carbons (Fsp3) is 0.293. The average Bonchev–Trinajstić information content (AvgIpc) is 1.59. The van der Waals surface area contributed by atoms with Crippen molar-refractivity contribution >= 4 is 137 Å². The van der Waals surface area contributed by atoms with E-state index in [1.165, 1.54) is 146 Å². The summed E-state index contributed by atoms with van der Waals surface area (Å²) in [5, 5.41) is 7.92. The van der Waals surface area contributed by atoms with E-state index in [1.54, 1.807) is 12.1 Å². The number of benzene rings is 9. The number of fused-ring (bicyclic) bond motifs is 12. The molecule has 0 amide bonds. The highest BCUT2D eigenvalue weighted by atomic mass is 35.5. The number of nitrogens with zero attached hydrogens (tertiary/aromatic N) is 8. The van der Waals surface area contributed by atoms with E-state index in [2.05, 4.69) is 263 Å². The lowest BCUT2D eigenvalue weighted by Gasteiger charge is -2.34. The Balaban J connectivity index is 0.000000126. The van der Waals surface area contributed by atoms with Crippen LogP contribution in [0.5, 0.6) is 0 Å². The quantitative estimate of drug-likeness (QED) is 0.129. The molecule has 0 bridgehead atoms. The third kappa shape index (κ3) is 16.3. The van der Waals surface area contributed by atoms with E-state index >= 15 is 0 Å². The molecule has 15 heteroatoms. The second-order valence-corrected chi connectivity index (χ2v) is 33.6. The van der Waals surface area contributed by atoms with Gasteiger partial charge in [0.05, 0.1) is 50.2 Å². The van der Waals surface area contributed by atoms with Gasteiger partial charge < -0.3 is 18.3 Å². The molecule has 4 atom stereocenters. The lowest BCUT2D eigenvalue weighted by Crippen LogP contribution is -2.33. The van der Waals surface area contributed by atoms with Crippen molar-refractivity contribution in [2.24, 2.45) is 0 Å². The number of rotatable bonds is 11. The van der Waals surface area contributed by atoms with Crippen molar-refractivity contribution < 1.29 is 13.2 Å². The maximum atomic E-state index is 13.7. The molecule has 17 rings (SSSR count). The minimum absolute atomic E-state index is 0.190. The zero-order valence-corrected chi connectivity index (χ0v) is 71.3. The number of halogens is 7. The molecule has 4 aromatic heterocycles. The normalized spacial score (nSPS) is 17.8. The molecule has 0 saturated heterocycles. The van der Waals surface area contributed by atoms with E-state index in [0.29, 0.717) is 43.8 Å². The maximum Gasteiger partial charge on any atom is 0.159 e. The minimum atomic E-state index is -0.816. The van der Waals surface area contributed by atoms with Gasteiger partial charge in [0.1, 0.15) is 5.82 Å². The number of allylic oxidation sites excluding steroid dienone is 4. The van der Waals surface area contributed by atoms with Crippen LogP contribution < -0.4 is 0 Å². The molecule has 0 fully saturated rings. The van der Waals surface area contributed by atoms with Gasteiger partial charge in [0, 0.05) is 111 Å². The van der Waals surface area contributed by atoms with Crippen LogP contribution in [0.15, 0.2) is 182 Å². The summed E-state index contributed by atoms with van der Waals surface area (Å²) in [7, 11) is 8.83. The SMILES string of the molecule is C/C(=C\n1c2c(c3cc(C)ccc31)CCN(C)C2C)c1ccc(Cl)cc1Cl.C/C(=C\n1c2c(c3cc(C)ccc31)CCN(C)C2c1ccccc1)c1ccc(F)cc1.CCC1c2c(c3cc(C)ccc3n2/C=C(\C)c2ccc(Cl)c(Cl)c2)CCN1C.CCC1c2c(c3cc(C)ccc3n2/C=C(\C)c2ccc(F)c(F)c2)CCN1C. The monoisotopic (exact) mass is 1600 g/mol. The van der Waals surface area contributed by atoms with Crippen molar-refractivity contribution in [1.29, 1.82) is 0 Å². The van der Waals surface area contributed by atoms with Crippen LogP contribution in [0.2, 0.25) is 20.1 Å². The Hall–Kier alpha value is -9.11. The highest BCUT2D eigenvalue weighted by Crippen LogP contribution is 2.45. The predicted molar refractivity (Wildman–Crippen MR) is 480 cm³/mol. The van der Waals surface area contributed by atoms with E-state index in [1.807, 2.05) is 49.4 Å². The summed E-state index contributed by atoms with van der Waals surface area (Å²) in [4.78, 5) is 9.75. The molecule has 0 saturated carbocycles. The van der Waals surface area contributed by atoms with Crippen LogP contribution in [-0.4, -0.2) is 92.2 Å². The summed E-state index contributed by atoms with van der Waals surface area (Å²) < 4.78 is 50.0. The number of aromatic nitrogens is 4. The van der Waals surface area contributed by atoms with Crippen molar-refractivity contribution in [1.82, 2.24) is 37.9 Å². The van der Waals surface area contributed by atoms with Crippen molar-refractivity contribution in [2.45, 2.75) is 139 Å². The van der Waals surface area contributed by atoms with Crippen molar-refractivity contribution in [3.05, 3.63) is 315 Å². The first-order chi connectivity index (χ1) is 54.7. The van der Waals surface area contributed by atoms with Gasteiger partial charge in [0.15, 0.2) is 11.6 Å². The van der Waals surface area contributed by atoms with Crippen LogP contribution in [0, 0.1) is 45.1 Å². The fourth-order valence-electron chi connectivity index (χ4n) is 17.9. The van der Waals surface area contributed by atoms with Gasteiger partial charge >= 0.3 is 0 Å². The summed E-state index contributed by atoms with van der Waals surface area (Å²) >= 11 is 24.9. The Morgan fingerprint density at radius 1 is 0.377 bits per heavy atom. The molecule has 4 aliphatic heterocycles. The van der Waals surface area contributed by atoms with Crippen LogP contribution in [0.4, 0.5) is 13.2 Å². The Morgan fingerprint density at radius 3 is 1.25 bits per heavy atom. The van der Waals surface area contributed by atoms with Crippen molar-refractivity contribution in [3.63, 3.8) is 0 Å². The Labute approximate surface area is 691 Å². The van der Waals surface area contributed by atoms with Gasteiger partial charge in [-0.3, -0.25) is 19.6 Å². The predicted octanol–water partition coefficient (Wildman–Crippen LogP) is 26.9. The zero-order chi connectivity index (χ0) is 80.8. The van der Waals surface area contributed by atoms with Crippen molar-refractivity contribution in [3.8, 4) is 0 Å². The Morgan fingerprint density at radius 2 is 0.781 bits per heavy atom. The van der Waals surface area contributed by atoms with Crippen LogP contribution in [0.25, 0.3) is 90.7 Å². The van der Waals surface area contributed by atoms with Gasteiger partial charge in [-0.05, 0) is 298 Å². The minimum Gasteiger partial charge on any atom is -0.318 e. The van der Waals surface area contributed by atoms with Crippen molar-refractivity contribution in [2.75, 3.05) is 54.4 Å². The van der Waals surface area contributed by atoms with E-state index < -0.39 is 11.6 Å². The van der Waals surface area contributed by atoms with Crippen LogP contribution in [0.1, 0.15) is 181 Å². The molecule has 4 unspecified atom stereocenters. The van der Waals surface area contributed by atoms with Gasteiger partial charge in [0.25, 0.3) is 0 Å². The summed E-state index contributed by atoms with van der Waals surface area (Å²) in [5.41, 5.74) is 30.8. The highest BCUT2D eigenvalue weighted by molar-refractivity contribution is 6.42. The molecule has 114 heavy (non-hydrogen) atoms. The van der Waals surface area contributed by atoms with Gasteiger partial charge in [-0.2, -0.15) is 0 Å². The molecular weight excluding hydrogens is 1500 g/mol. The number of aryl methyl sites for hydroxylation is 4. The molecule has 0 radical (unpaired) electrons. The molecule has 0 spiro atoms. The van der Waals surface area contributed by atoms with E-state index in [4.69, 9.17) is 46.4 Å². The second kappa shape index (κ2) is 34.4. The molecule has 9 aromatic carbocycles. The first kappa shape index (κ1) is 81.5. The van der Waals surface area contributed by atoms with E-state index in [9.17, 15) is 13.2 Å². The molecular formula is C99H103Cl4F3N8. The van der Waals surface area contributed by atoms with Crippen LogP contribution in [-0.2, 0) is 25.7 Å². The van der Waals surface area contributed by atoms with Gasteiger partial charge in [0.2, 0.25) is 0 Å². The standard InChI is InChI=1S/C28H27FN2.C24H26Cl2N2.C24H26F2N2.C23H24Cl2N2/c1-19-9-14-26-25(17-19)24-15-16-30(3)27(22-7-5-4-6-8-22)28(24)31(26)18-20(2)21-10-12-23(29)13-11-21;2*1-5-22-24-18(10-11-27(22)4)19-12-15(2)6-9-23(19)28(24)14-16(3)17-7-8-20(25)21(26)13-17;1-14-5-8-22-20(11-14)19-9-10-26(4)16(3)23(19)27(22)13-15(2)18-7-6-17(24)12-21(18)25/h4-14,17-18,27H,15-16H2,1-3H3;2*6-9,12-14,22H,5,10-11H2,1-4H3;5-8,11-13,16H,9-10H2,1-4H3/b20-18+;2*16-14+;15-13+. The third-order valence-corrected chi connectivity index (χ3v) is 25.4. The first-order valence-corrected chi connectivity index (χ1v) is 41.5. The molecule has 0 aliphatic carbocycles. The number of likely N-dealkylation sites (N-methyl/N-ethyl adjacent to an activating group) is 4. The van der Waals surface area contributed by atoms with Crippen LogP contribution >= 0.6 is 46.4 Å². The molecule has 13 aromatic rings. The van der Waals surface area contributed by atoms with Crippen LogP contribution in [0.3, 0.4) is 0 Å². The summed E-state index contributed by atoms with van der Waals surface area (Å²) in [5.74, 6) is -1.84. The van der Waals surface area contributed by atoms with Gasteiger partial charge in [-0.25, -0.2) is 13.2 Å². The zero-order valence-electron chi connectivity index (χ0n) is 68.2. The maximum absolute atomic E-state index is 13.7. The molecule has 4 aliphatic rings. The Bertz CT molecular complexity index is 5760. The summed E-state index contributed by atoms with van der Waals surface area (Å²) in [6.45, 7) is 28.0. The lowest BCUT2D eigenvalue weighted by atomic mass is 9.92. The van der Waals surface area contributed by atoms with Gasteiger partial charge in [-0.15, -0.1) is 0 Å². The van der Waals surface area contributed by atoms with Gasteiger partial charge in [-0.1, -0.05) is 167 Å². The fourth-order valence-corrected chi connectivity index (χ4v) is 18.7. The molecule has 8 nitrogen and oxygen atoms in total. The summed E-state index contributed by atoms with van der Waals surface area (Å²) in [6, 6.07) is 61.3. The topological polar surface area (TPSA) is 32.7 Å². The average molecular weight is 1600 g/mol. The smallest absolute Gasteiger partial charge is 0.159 e. The van der Waals surface area contributed by atoms with E-state index in [-0.39, 0.29) is 11.9 Å². The number of hydrogen-bond acceptors (Lipinski definition) is 4. The second-order valence-electron chi connectivity index (χ2n) is 31.9. The largest absolute Gasteiger partial charge is 0.318 e. The molecule has 588 valence electrons. The first-order valence-electron chi connectivity index (χ1n) is 39.9. The number of hydrogen-bond donors (Lipinski definition) is 0. The summed E-state index contributed by atoms with van der Waals surface area (Å²) in [6.07, 6.45) is 15.1. The Kier molecular flexibility index (Phi) is 24.6. The molecule has 0 N–H and O–H groups in total.